The number of nitro groups is 1. The zero-order valence-corrected chi connectivity index (χ0v) is 17.6. The molecule has 1 aromatic heterocycles. The summed E-state index contributed by atoms with van der Waals surface area (Å²) < 4.78 is 12.7. The van der Waals surface area contributed by atoms with Gasteiger partial charge in [0.25, 0.3) is 11.6 Å². The molecule has 0 aliphatic rings. The molecule has 160 valence electrons. The van der Waals surface area contributed by atoms with Gasteiger partial charge in [-0.2, -0.15) is 4.99 Å². The number of fused-ring (bicyclic) bond motifs is 1. The van der Waals surface area contributed by atoms with Crippen molar-refractivity contribution in [1.82, 2.24) is 4.57 Å². The number of ether oxygens (including phenoxy) is 2. The van der Waals surface area contributed by atoms with Crippen molar-refractivity contribution in [1.29, 1.82) is 0 Å². The molecule has 3 rings (SSSR count). The molecule has 0 aliphatic carbocycles. The van der Waals surface area contributed by atoms with Gasteiger partial charge in [-0.15, -0.1) is 0 Å². The maximum atomic E-state index is 12.4. The van der Waals surface area contributed by atoms with E-state index in [0.717, 1.165) is 10.2 Å². The summed E-state index contributed by atoms with van der Waals surface area (Å²) in [5.74, 6) is -0.323. The third-order valence-electron chi connectivity index (χ3n) is 4.21. The van der Waals surface area contributed by atoms with Crippen molar-refractivity contribution in [2.24, 2.45) is 4.99 Å². The van der Waals surface area contributed by atoms with Gasteiger partial charge in [0.15, 0.2) is 4.80 Å². The SMILES string of the molecule is CCOC(=O)Cn1c(=NC(=O)C=Cc2ccc([N+](=O)[O-])cc2)sc2cc(OC)ccc21. The molecule has 0 spiro atoms. The second kappa shape index (κ2) is 9.81. The highest BCUT2D eigenvalue weighted by molar-refractivity contribution is 7.16. The maximum absolute atomic E-state index is 12.4. The molecule has 0 radical (unpaired) electrons. The van der Waals surface area contributed by atoms with Gasteiger partial charge in [0.2, 0.25) is 0 Å². The molecule has 0 N–H and O–H groups in total. The van der Waals surface area contributed by atoms with Crippen LogP contribution in [0.5, 0.6) is 5.75 Å². The Labute approximate surface area is 181 Å². The number of methoxy groups -OCH3 is 1. The van der Waals surface area contributed by atoms with E-state index in [1.807, 2.05) is 0 Å². The molecule has 31 heavy (non-hydrogen) atoms. The quantitative estimate of drug-likeness (QED) is 0.241. The van der Waals surface area contributed by atoms with Gasteiger partial charge in [0, 0.05) is 18.2 Å². The number of hydrogen-bond donors (Lipinski definition) is 0. The predicted molar refractivity (Wildman–Crippen MR) is 116 cm³/mol. The van der Waals surface area contributed by atoms with Crippen molar-refractivity contribution in [3.63, 3.8) is 0 Å². The summed E-state index contributed by atoms with van der Waals surface area (Å²) in [5, 5.41) is 10.7. The van der Waals surface area contributed by atoms with Crippen LogP contribution in [0, 0.1) is 10.1 Å². The standard InChI is InChI=1S/C21H19N3O6S/c1-3-30-20(26)13-23-17-10-9-16(29-2)12-18(17)31-21(23)22-19(25)11-6-14-4-7-15(8-5-14)24(27)28/h4-12H,3,13H2,1-2H3. The average Bonchev–Trinajstić information content (AvgIpc) is 3.08. The van der Waals surface area contributed by atoms with Gasteiger partial charge in [-0.05, 0) is 48.9 Å². The molecule has 0 saturated carbocycles. The number of carbonyl (C=O) groups is 2. The smallest absolute Gasteiger partial charge is 0.326 e. The van der Waals surface area contributed by atoms with Crippen LogP contribution in [-0.2, 0) is 20.9 Å². The minimum atomic E-state index is -0.533. The molecule has 1 heterocycles. The molecular formula is C21H19N3O6S. The van der Waals surface area contributed by atoms with Crippen molar-refractivity contribution in [2.45, 2.75) is 13.5 Å². The fraction of sp³-hybridized carbons (Fsp3) is 0.190. The van der Waals surface area contributed by atoms with E-state index in [0.29, 0.717) is 16.1 Å². The van der Waals surface area contributed by atoms with Gasteiger partial charge in [0.1, 0.15) is 12.3 Å². The van der Waals surface area contributed by atoms with Gasteiger partial charge in [-0.3, -0.25) is 19.7 Å². The molecule has 0 unspecified atom stereocenters. The van der Waals surface area contributed by atoms with Crippen LogP contribution < -0.4 is 9.54 Å². The van der Waals surface area contributed by atoms with Crippen LogP contribution in [0.2, 0.25) is 0 Å². The lowest BCUT2D eigenvalue weighted by molar-refractivity contribution is -0.384. The van der Waals surface area contributed by atoms with E-state index >= 15 is 0 Å². The summed E-state index contributed by atoms with van der Waals surface area (Å²) in [6, 6.07) is 11.1. The van der Waals surface area contributed by atoms with Gasteiger partial charge >= 0.3 is 5.97 Å². The van der Waals surface area contributed by atoms with Crippen LogP contribution in [0.1, 0.15) is 12.5 Å². The van der Waals surface area contributed by atoms with E-state index in [2.05, 4.69) is 4.99 Å². The van der Waals surface area contributed by atoms with Crippen LogP contribution in [0.25, 0.3) is 16.3 Å². The lowest BCUT2D eigenvalue weighted by Crippen LogP contribution is -2.22. The molecule has 0 fully saturated rings. The fourth-order valence-electron chi connectivity index (χ4n) is 2.76. The van der Waals surface area contributed by atoms with Crippen molar-refractivity contribution in [2.75, 3.05) is 13.7 Å². The summed E-state index contributed by atoms with van der Waals surface area (Å²) >= 11 is 1.25. The Kier molecular flexibility index (Phi) is 6.93. The number of carbonyl (C=O) groups excluding carboxylic acids is 2. The number of esters is 1. The molecule has 2 aromatic carbocycles. The largest absolute Gasteiger partial charge is 0.497 e. The first-order chi connectivity index (χ1) is 14.9. The molecular weight excluding hydrogens is 422 g/mol. The summed E-state index contributed by atoms with van der Waals surface area (Å²) in [6.45, 7) is 1.88. The second-order valence-corrected chi connectivity index (χ2v) is 7.25. The zero-order chi connectivity index (χ0) is 22.4. The normalized spacial score (nSPS) is 11.7. The summed E-state index contributed by atoms with van der Waals surface area (Å²) in [6.07, 6.45) is 2.78. The van der Waals surface area contributed by atoms with E-state index in [4.69, 9.17) is 9.47 Å². The summed E-state index contributed by atoms with van der Waals surface area (Å²) in [4.78, 5) is 39.2. The molecule has 9 nitrogen and oxygen atoms in total. The molecule has 0 atom stereocenters. The highest BCUT2D eigenvalue weighted by Crippen LogP contribution is 2.23. The van der Waals surface area contributed by atoms with E-state index in [9.17, 15) is 19.7 Å². The van der Waals surface area contributed by atoms with Gasteiger partial charge < -0.3 is 14.0 Å². The van der Waals surface area contributed by atoms with Gasteiger partial charge in [-0.1, -0.05) is 11.3 Å². The Bertz CT molecular complexity index is 1220. The monoisotopic (exact) mass is 441 g/mol. The van der Waals surface area contributed by atoms with Gasteiger partial charge in [-0.25, -0.2) is 0 Å². The number of benzene rings is 2. The molecule has 0 aliphatic heterocycles. The molecule has 10 heteroatoms. The van der Waals surface area contributed by atoms with E-state index < -0.39 is 16.8 Å². The van der Waals surface area contributed by atoms with Crippen LogP contribution >= 0.6 is 11.3 Å². The number of nitrogens with zero attached hydrogens (tertiary/aromatic N) is 3. The van der Waals surface area contributed by atoms with Crippen molar-refractivity contribution < 1.29 is 24.0 Å². The Morgan fingerprint density at radius 2 is 1.97 bits per heavy atom. The first-order valence-electron chi connectivity index (χ1n) is 9.25. The number of rotatable bonds is 7. The highest BCUT2D eigenvalue weighted by Gasteiger charge is 2.12. The predicted octanol–water partition coefficient (Wildman–Crippen LogP) is 3.32. The number of nitro benzene ring substituents is 1. The van der Waals surface area contributed by atoms with Crippen LogP contribution in [-0.4, -0.2) is 35.1 Å². The van der Waals surface area contributed by atoms with Crippen LogP contribution in [0.15, 0.2) is 53.5 Å². The topological polar surface area (TPSA) is 113 Å². The van der Waals surface area contributed by atoms with E-state index in [1.165, 1.54) is 47.8 Å². The number of hydrogen-bond acceptors (Lipinski definition) is 7. The fourth-order valence-corrected chi connectivity index (χ4v) is 3.82. The number of non-ortho nitro benzene ring substituents is 1. The Morgan fingerprint density at radius 3 is 2.61 bits per heavy atom. The average molecular weight is 441 g/mol. The minimum Gasteiger partial charge on any atom is -0.497 e. The Hall–Kier alpha value is -3.79. The number of aromatic nitrogens is 1. The minimum absolute atomic E-state index is 0.0334. The first kappa shape index (κ1) is 21.9. The molecule has 3 aromatic rings. The Morgan fingerprint density at radius 1 is 1.23 bits per heavy atom. The maximum Gasteiger partial charge on any atom is 0.326 e. The molecule has 0 bridgehead atoms. The lowest BCUT2D eigenvalue weighted by atomic mass is 10.2. The zero-order valence-electron chi connectivity index (χ0n) is 16.8. The Balaban J connectivity index is 1.94. The first-order valence-corrected chi connectivity index (χ1v) is 10.1. The van der Waals surface area contributed by atoms with Crippen molar-refractivity contribution in [3.8, 4) is 5.75 Å². The molecule has 1 amide bonds. The van der Waals surface area contributed by atoms with Crippen LogP contribution in [0.3, 0.4) is 0 Å². The third-order valence-corrected chi connectivity index (χ3v) is 5.25. The van der Waals surface area contributed by atoms with Crippen LogP contribution in [0.4, 0.5) is 5.69 Å². The third kappa shape index (κ3) is 5.43. The number of amides is 1. The van der Waals surface area contributed by atoms with Gasteiger partial charge in [0.05, 0.1) is 28.9 Å². The molecule has 0 saturated heterocycles. The summed E-state index contributed by atoms with van der Waals surface area (Å²) in [5.41, 5.74) is 1.31. The van der Waals surface area contributed by atoms with E-state index in [-0.39, 0.29) is 18.8 Å². The second-order valence-electron chi connectivity index (χ2n) is 6.24. The van der Waals surface area contributed by atoms with E-state index in [1.54, 1.807) is 36.8 Å². The van der Waals surface area contributed by atoms with Crippen molar-refractivity contribution in [3.05, 3.63) is 69.0 Å². The van der Waals surface area contributed by atoms with Crippen molar-refractivity contribution >= 4 is 45.2 Å². The lowest BCUT2D eigenvalue weighted by Gasteiger charge is -2.05. The summed E-state index contributed by atoms with van der Waals surface area (Å²) in [7, 11) is 1.55. The highest BCUT2D eigenvalue weighted by atomic mass is 32.1. The number of thiazole rings is 1.